The molecule has 20 heavy (non-hydrogen) atoms. The second-order valence-corrected chi connectivity index (χ2v) is 6.57. The molecule has 2 nitrogen and oxygen atoms in total. The van der Waals surface area contributed by atoms with Crippen LogP contribution in [0.25, 0.3) is 0 Å². The number of nitrogens with one attached hydrogen (secondary N) is 1. The minimum Gasteiger partial charge on any atom is -0.495 e. The maximum Gasteiger partial charge on any atom is 0.137 e. The molecule has 1 aromatic rings. The topological polar surface area (TPSA) is 21.3 Å². The molecule has 0 radical (unpaired) electrons. The highest BCUT2D eigenvalue weighted by Crippen LogP contribution is 2.62. The lowest BCUT2D eigenvalue weighted by molar-refractivity contribution is 0.408. The summed E-state index contributed by atoms with van der Waals surface area (Å²) in [4.78, 5) is 0. The maximum absolute atomic E-state index is 6.30. The molecule has 0 saturated heterocycles. The monoisotopic (exact) mass is 293 g/mol. The lowest BCUT2D eigenvalue weighted by atomic mass is 9.96. The van der Waals surface area contributed by atoms with E-state index in [1.54, 1.807) is 7.11 Å². The molecule has 3 atom stereocenters. The number of halogens is 1. The summed E-state index contributed by atoms with van der Waals surface area (Å²) in [6.45, 7) is 3.29. The minimum atomic E-state index is 0.466. The van der Waals surface area contributed by atoms with Crippen LogP contribution in [-0.2, 0) is 0 Å². The summed E-state index contributed by atoms with van der Waals surface area (Å²) in [6.07, 6.45) is 5.44. The Hall–Kier alpha value is -0.730. The van der Waals surface area contributed by atoms with Crippen molar-refractivity contribution >= 4 is 11.6 Å². The lowest BCUT2D eigenvalue weighted by Crippen LogP contribution is -2.25. The Balaban J connectivity index is 1.80. The van der Waals surface area contributed by atoms with Crippen LogP contribution in [0.4, 0.5) is 0 Å². The van der Waals surface area contributed by atoms with Gasteiger partial charge in [-0.3, -0.25) is 0 Å². The molecule has 0 amide bonds. The molecule has 2 fully saturated rings. The van der Waals surface area contributed by atoms with Crippen LogP contribution in [0.1, 0.15) is 44.2 Å². The summed E-state index contributed by atoms with van der Waals surface area (Å²) in [5.74, 6) is 3.48. The Kier molecular flexibility index (Phi) is 4.23. The van der Waals surface area contributed by atoms with E-state index >= 15 is 0 Å². The van der Waals surface area contributed by atoms with Crippen molar-refractivity contribution in [1.29, 1.82) is 0 Å². The molecule has 3 heteroatoms. The Labute approximate surface area is 126 Å². The first-order valence-electron chi connectivity index (χ1n) is 7.83. The van der Waals surface area contributed by atoms with Crippen LogP contribution in [0.3, 0.4) is 0 Å². The van der Waals surface area contributed by atoms with Gasteiger partial charge in [-0.25, -0.2) is 0 Å². The van der Waals surface area contributed by atoms with Gasteiger partial charge in [-0.05, 0) is 61.3 Å². The molecule has 1 N–H and O–H groups in total. The number of ether oxygens (including phenoxy) is 1. The van der Waals surface area contributed by atoms with Gasteiger partial charge in [0.05, 0.1) is 12.1 Å². The van der Waals surface area contributed by atoms with Crippen LogP contribution in [0, 0.1) is 17.8 Å². The predicted octanol–water partition coefficient (Wildman–Crippen LogP) is 4.44. The normalized spacial score (nSPS) is 29.1. The highest BCUT2D eigenvalue weighted by molar-refractivity contribution is 6.32. The first-order chi connectivity index (χ1) is 9.76. The van der Waals surface area contributed by atoms with Crippen LogP contribution < -0.4 is 10.1 Å². The summed E-state index contributed by atoms with van der Waals surface area (Å²) in [5.41, 5.74) is 1.32. The van der Waals surface area contributed by atoms with Gasteiger partial charge in [-0.2, -0.15) is 0 Å². The zero-order chi connectivity index (χ0) is 14.1. The third kappa shape index (κ3) is 2.56. The number of benzene rings is 1. The van der Waals surface area contributed by atoms with Gasteiger partial charge >= 0.3 is 0 Å². The quantitative estimate of drug-likeness (QED) is 0.837. The molecule has 0 aromatic heterocycles. The second-order valence-electron chi connectivity index (χ2n) is 6.16. The van der Waals surface area contributed by atoms with Crippen molar-refractivity contribution < 1.29 is 4.74 Å². The minimum absolute atomic E-state index is 0.466. The maximum atomic E-state index is 6.30. The smallest absolute Gasteiger partial charge is 0.137 e. The second kappa shape index (κ2) is 5.95. The van der Waals surface area contributed by atoms with Crippen LogP contribution in [0.5, 0.6) is 5.75 Å². The molecule has 0 aliphatic heterocycles. The first-order valence-corrected chi connectivity index (χ1v) is 8.21. The number of methoxy groups -OCH3 is 1. The average molecular weight is 294 g/mol. The van der Waals surface area contributed by atoms with E-state index in [1.807, 2.05) is 6.07 Å². The molecular weight excluding hydrogens is 270 g/mol. The molecule has 0 spiro atoms. The van der Waals surface area contributed by atoms with E-state index < -0.39 is 0 Å². The van der Waals surface area contributed by atoms with E-state index in [-0.39, 0.29) is 0 Å². The number of hydrogen-bond acceptors (Lipinski definition) is 2. The standard InChI is InChI=1S/C17H24ClNO/c1-3-9-19-17(16-12-5-4-6-13(12)16)11-7-8-15(20-2)14(18)10-11/h7-8,10,12-13,16-17,19H,3-6,9H2,1-2H3. The van der Waals surface area contributed by atoms with E-state index in [0.29, 0.717) is 6.04 Å². The number of hydrogen-bond donors (Lipinski definition) is 1. The molecule has 3 rings (SSSR count). The molecule has 110 valence electrons. The zero-order valence-corrected chi connectivity index (χ0v) is 13.1. The fraction of sp³-hybridized carbons (Fsp3) is 0.647. The lowest BCUT2D eigenvalue weighted by Gasteiger charge is -2.21. The van der Waals surface area contributed by atoms with Gasteiger partial charge < -0.3 is 10.1 Å². The van der Waals surface area contributed by atoms with Gasteiger partial charge in [0.15, 0.2) is 0 Å². The van der Waals surface area contributed by atoms with Gasteiger partial charge in [-0.15, -0.1) is 0 Å². The van der Waals surface area contributed by atoms with E-state index in [1.165, 1.54) is 31.2 Å². The molecular formula is C17H24ClNO. The van der Waals surface area contributed by atoms with Crippen molar-refractivity contribution in [3.05, 3.63) is 28.8 Å². The van der Waals surface area contributed by atoms with Crippen LogP contribution in [0.2, 0.25) is 5.02 Å². The molecule has 2 aliphatic rings. The molecule has 2 saturated carbocycles. The van der Waals surface area contributed by atoms with E-state index in [4.69, 9.17) is 16.3 Å². The van der Waals surface area contributed by atoms with Gasteiger partial charge in [0, 0.05) is 6.04 Å². The van der Waals surface area contributed by atoms with E-state index in [9.17, 15) is 0 Å². The third-order valence-electron chi connectivity index (χ3n) is 5.01. The summed E-state index contributed by atoms with van der Waals surface area (Å²) >= 11 is 6.30. The number of fused-ring (bicyclic) bond motifs is 1. The summed E-state index contributed by atoms with van der Waals surface area (Å²) in [7, 11) is 1.67. The molecule has 0 heterocycles. The highest BCUT2D eigenvalue weighted by Gasteiger charge is 2.55. The van der Waals surface area contributed by atoms with Gasteiger partial charge in [0.2, 0.25) is 0 Å². The van der Waals surface area contributed by atoms with Gasteiger partial charge in [0.25, 0.3) is 0 Å². The molecule has 0 bridgehead atoms. The van der Waals surface area contributed by atoms with Crippen LogP contribution in [-0.4, -0.2) is 13.7 Å². The summed E-state index contributed by atoms with van der Waals surface area (Å²) in [5, 5.41) is 4.46. The fourth-order valence-corrected chi connectivity index (χ4v) is 4.29. The van der Waals surface area contributed by atoms with Crippen molar-refractivity contribution in [2.45, 2.75) is 38.6 Å². The van der Waals surface area contributed by atoms with Gasteiger partial charge in [0.1, 0.15) is 5.75 Å². The predicted molar refractivity (Wildman–Crippen MR) is 83.4 cm³/mol. The molecule has 3 unspecified atom stereocenters. The Morgan fingerprint density at radius 1 is 1.35 bits per heavy atom. The summed E-state index contributed by atoms with van der Waals surface area (Å²) < 4.78 is 5.26. The number of rotatable bonds is 6. The van der Waals surface area contributed by atoms with Crippen LogP contribution in [0.15, 0.2) is 18.2 Å². The van der Waals surface area contributed by atoms with E-state index in [2.05, 4.69) is 24.4 Å². The SMILES string of the molecule is CCCNC(c1ccc(OC)c(Cl)c1)C1C2CCCC21. The van der Waals surface area contributed by atoms with E-state index in [0.717, 1.165) is 35.1 Å². The molecule has 1 aromatic carbocycles. The van der Waals surface area contributed by atoms with Crippen molar-refractivity contribution in [3.8, 4) is 5.75 Å². The van der Waals surface area contributed by atoms with Crippen molar-refractivity contribution in [3.63, 3.8) is 0 Å². The third-order valence-corrected chi connectivity index (χ3v) is 5.30. The summed E-state index contributed by atoms with van der Waals surface area (Å²) in [6, 6.07) is 6.72. The zero-order valence-electron chi connectivity index (χ0n) is 12.4. The van der Waals surface area contributed by atoms with Crippen molar-refractivity contribution in [2.75, 3.05) is 13.7 Å². The Morgan fingerprint density at radius 3 is 2.70 bits per heavy atom. The first kappa shape index (κ1) is 14.2. The van der Waals surface area contributed by atoms with Gasteiger partial charge in [-0.1, -0.05) is 31.0 Å². The molecule has 2 aliphatic carbocycles. The van der Waals surface area contributed by atoms with Crippen LogP contribution >= 0.6 is 11.6 Å². The fourth-order valence-electron chi connectivity index (χ4n) is 4.02. The Morgan fingerprint density at radius 2 is 2.10 bits per heavy atom. The van der Waals surface area contributed by atoms with Crippen molar-refractivity contribution in [1.82, 2.24) is 5.32 Å². The highest BCUT2D eigenvalue weighted by atomic mass is 35.5. The van der Waals surface area contributed by atoms with Crippen molar-refractivity contribution in [2.24, 2.45) is 17.8 Å². The average Bonchev–Trinajstić information content (AvgIpc) is 2.92. The Bertz CT molecular complexity index is 466. The largest absolute Gasteiger partial charge is 0.495 e.